The van der Waals surface area contributed by atoms with Crippen LogP contribution in [0.4, 0.5) is 0 Å². The van der Waals surface area contributed by atoms with E-state index >= 15 is 0 Å². The quantitative estimate of drug-likeness (QED) is 0.539. The third kappa shape index (κ3) is 6.66. The van der Waals surface area contributed by atoms with Crippen LogP contribution in [0.3, 0.4) is 0 Å². The minimum Gasteiger partial charge on any atom is -0.334 e. The Bertz CT molecular complexity index is 896. The summed E-state index contributed by atoms with van der Waals surface area (Å²) in [6.07, 6.45) is 3.37. The molecule has 1 fully saturated rings. The molecule has 180 valence electrons. The van der Waals surface area contributed by atoms with E-state index in [2.05, 4.69) is 0 Å². The summed E-state index contributed by atoms with van der Waals surface area (Å²) in [7, 11) is -3.14. The highest BCUT2D eigenvalue weighted by Gasteiger charge is 2.34. The number of ketones is 1. The van der Waals surface area contributed by atoms with Gasteiger partial charge in [-0.3, -0.25) is 9.59 Å². The van der Waals surface area contributed by atoms with Crippen molar-refractivity contribution in [2.75, 3.05) is 5.75 Å². The van der Waals surface area contributed by atoms with E-state index in [0.29, 0.717) is 12.0 Å². The molecule has 1 aliphatic carbocycles. The first kappa shape index (κ1) is 26.6. The lowest BCUT2D eigenvalue weighted by atomic mass is 9.79. The van der Waals surface area contributed by atoms with Crippen molar-refractivity contribution in [1.82, 2.24) is 4.90 Å². The first-order chi connectivity index (χ1) is 14.7. The fourth-order valence-electron chi connectivity index (χ4n) is 4.59. The molecule has 0 atom stereocenters. The van der Waals surface area contributed by atoms with Gasteiger partial charge < -0.3 is 4.90 Å². The zero-order valence-corrected chi connectivity index (χ0v) is 21.7. The SMILES string of the molecule is CC(C)N(C(=O)c1cccc(CC(=O)C2CCC(CS(=O)(=O)C(C)(C)C)CC2)c1)C(C)C. The average Bonchev–Trinajstić information content (AvgIpc) is 2.67. The molecule has 5 nitrogen and oxygen atoms in total. The Morgan fingerprint density at radius 1 is 1.00 bits per heavy atom. The Morgan fingerprint density at radius 3 is 2.06 bits per heavy atom. The van der Waals surface area contributed by atoms with Crippen LogP contribution in [0, 0.1) is 11.8 Å². The molecule has 0 saturated heterocycles. The lowest BCUT2D eigenvalue weighted by molar-refractivity contribution is -0.123. The number of carbonyl (C=O) groups excluding carboxylic acids is 2. The van der Waals surface area contributed by atoms with Crippen molar-refractivity contribution in [3.8, 4) is 0 Å². The monoisotopic (exact) mass is 463 g/mol. The van der Waals surface area contributed by atoms with Crippen molar-refractivity contribution in [3.63, 3.8) is 0 Å². The summed E-state index contributed by atoms with van der Waals surface area (Å²) >= 11 is 0. The number of nitrogens with zero attached hydrogens (tertiary/aromatic N) is 1. The van der Waals surface area contributed by atoms with Crippen molar-refractivity contribution < 1.29 is 18.0 Å². The number of hydrogen-bond acceptors (Lipinski definition) is 4. The predicted molar refractivity (Wildman–Crippen MR) is 131 cm³/mol. The number of rotatable bonds is 8. The lowest BCUT2D eigenvalue weighted by Gasteiger charge is -2.31. The van der Waals surface area contributed by atoms with Gasteiger partial charge in [-0.2, -0.15) is 0 Å². The van der Waals surface area contributed by atoms with Gasteiger partial charge in [0.15, 0.2) is 9.84 Å². The first-order valence-electron chi connectivity index (χ1n) is 11.9. The summed E-state index contributed by atoms with van der Waals surface area (Å²) in [6.45, 7) is 13.3. The highest BCUT2D eigenvalue weighted by atomic mass is 32.2. The maximum Gasteiger partial charge on any atom is 0.254 e. The molecule has 0 N–H and O–H groups in total. The van der Waals surface area contributed by atoms with Gasteiger partial charge in [0.05, 0.1) is 10.5 Å². The van der Waals surface area contributed by atoms with Crippen LogP contribution in [0.25, 0.3) is 0 Å². The van der Waals surface area contributed by atoms with Crippen LogP contribution in [-0.2, 0) is 21.1 Å². The third-order valence-corrected chi connectivity index (χ3v) is 9.37. The molecule has 1 aliphatic rings. The minimum atomic E-state index is -3.14. The third-order valence-electron chi connectivity index (χ3n) is 6.59. The molecule has 0 aliphatic heterocycles. The van der Waals surface area contributed by atoms with Gasteiger partial charge in [-0.25, -0.2) is 8.42 Å². The zero-order valence-electron chi connectivity index (χ0n) is 20.8. The summed E-state index contributed by atoms with van der Waals surface area (Å²) < 4.78 is 24.3. The van der Waals surface area contributed by atoms with E-state index in [1.165, 1.54) is 0 Å². The molecular formula is C26H41NO4S. The van der Waals surface area contributed by atoms with E-state index < -0.39 is 14.6 Å². The molecule has 0 bridgehead atoms. The number of benzene rings is 1. The summed E-state index contributed by atoms with van der Waals surface area (Å²) in [5, 5.41) is 0. The van der Waals surface area contributed by atoms with E-state index in [9.17, 15) is 18.0 Å². The van der Waals surface area contributed by atoms with Gasteiger partial charge >= 0.3 is 0 Å². The summed E-state index contributed by atoms with van der Waals surface area (Å²) in [5.41, 5.74) is 1.49. The molecule has 0 radical (unpaired) electrons. The van der Waals surface area contributed by atoms with E-state index in [0.717, 1.165) is 31.2 Å². The van der Waals surface area contributed by atoms with Crippen LogP contribution < -0.4 is 0 Å². The molecule has 1 saturated carbocycles. The molecule has 32 heavy (non-hydrogen) atoms. The molecule has 0 unspecified atom stereocenters. The first-order valence-corrected chi connectivity index (χ1v) is 13.5. The molecule has 6 heteroatoms. The largest absolute Gasteiger partial charge is 0.334 e. The Labute approximate surface area is 194 Å². The Kier molecular flexibility index (Phi) is 8.71. The predicted octanol–water partition coefficient (Wildman–Crippen LogP) is 5.08. The maximum absolute atomic E-state index is 13.0. The molecular weight excluding hydrogens is 422 g/mol. The van der Waals surface area contributed by atoms with Crippen molar-refractivity contribution >= 4 is 21.5 Å². The van der Waals surface area contributed by atoms with Gasteiger partial charge in [0.25, 0.3) is 5.91 Å². The number of hydrogen-bond donors (Lipinski definition) is 0. The van der Waals surface area contributed by atoms with Crippen LogP contribution in [0.2, 0.25) is 0 Å². The minimum absolute atomic E-state index is 0.00938. The second-order valence-electron chi connectivity index (χ2n) is 10.9. The van der Waals surface area contributed by atoms with E-state index in [-0.39, 0.29) is 41.4 Å². The van der Waals surface area contributed by atoms with Crippen molar-refractivity contribution in [2.24, 2.45) is 11.8 Å². The van der Waals surface area contributed by atoms with Crippen LogP contribution in [0.15, 0.2) is 24.3 Å². The summed E-state index contributed by atoms with van der Waals surface area (Å²) in [5.74, 6) is 0.512. The smallest absolute Gasteiger partial charge is 0.254 e. The Balaban J connectivity index is 1.98. The molecule has 0 aromatic heterocycles. The van der Waals surface area contributed by atoms with Gasteiger partial charge in [-0.05, 0) is 97.8 Å². The molecule has 1 amide bonds. The Morgan fingerprint density at radius 2 is 1.56 bits per heavy atom. The van der Waals surface area contributed by atoms with Crippen LogP contribution in [0.1, 0.15) is 90.1 Å². The molecule has 1 aromatic carbocycles. The van der Waals surface area contributed by atoms with Gasteiger partial charge in [-0.1, -0.05) is 12.1 Å². The number of Topliss-reactive ketones (excluding diaryl/α,β-unsaturated/α-hetero) is 1. The number of carbonyl (C=O) groups is 2. The van der Waals surface area contributed by atoms with Crippen LogP contribution in [-0.4, -0.2) is 47.6 Å². The average molecular weight is 464 g/mol. The van der Waals surface area contributed by atoms with Crippen LogP contribution in [0.5, 0.6) is 0 Å². The number of amides is 1. The van der Waals surface area contributed by atoms with Crippen molar-refractivity contribution in [3.05, 3.63) is 35.4 Å². The molecule has 0 spiro atoms. The highest BCUT2D eigenvalue weighted by molar-refractivity contribution is 7.92. The second-order valence-corrected chi connectivity index (χ2v) is 13.6. The molecule has 0 heterocycles. The summed E-state index contributed by atoms with van der Waals surface area (Å²) in [4.78, 5) is 27.8. The van der Waals surface area contributed by atoms with Crippen molar-refractivity contribution in [1.29, 1.82) is 0 Å². The molecule has 1 aromatic rings. The fraction of sp³-hybridized carbons (Fsp3) is 0.692. The molecule has 2 rings (SSSR count). The topological polar surface area (TPSA) is 71.5 Å². The van der Waals surface area contributed by atoms with E-state index in [4.69, 9.17) is 0 Å². The van der Waals surface area contributed by atoms with E-state index in [1.54, 1.807) is 20.8 Å². The maximum atomic E-state index is 13.0. The van der Waals surface area contributed by atoms with Gasteiger partial charge in [0.1, 0.15) is 5.78 Å². The van der Waals surface area contributed by atoms with Gasteiger partial charge in [0, 0.05) is 30.0 Å². The number of sulfone groups is 1. The lowest BCUT2D eigenvalue weighted by Crippen LogP contribution is -2.42. The second kappa shape index (κ2) is 10.5. The standard InChI is InChI=1S/C26H41NO4S/c1-18(2)27(19(3)4)25(29)23-10-8-9-21(15-23)16-24(28)22-13-11-20(12-14-22)17-32(30,31)26(5,6)7/h8-10,15,18-20,22H,11-14,16-17H2,1-7H3. The van der Waals surface area contributed by atoms with Gasteiger partial charge in [-0.15, -0.1) is 0 Å². The zero-order chi connectivity index (χ0) is 24.3. The highest BCUT2D eigenvalue weighted by Crippen LogP contribution is 2.33. The van der Waals surface area contributed by atoms with E-state index in [1.807, 2.05) is 56.9 Å². The van der Waals surface area contributed by atoms with Crippen LogP contribution >= 0.6 is 0 Å². The van der Waals surface area contributed by atoms with Crippen molar-refractivity contribution in [2.45, 2.75) is 97.4 Å². The normalized spacial score (nSPS) is 19.9. The Hall–Kier alpha value is -1.69. The van der Waals surface area contributed by atoms with Gasteiger partial charge in [0.2, 0.25) is 0 Å². The summed E-state index contributed by atoms with van der Waals surface area (Å²) in [6, 6.07) is 7.62. The fourth-order valence-corrected chi connectivity index (χ4v) is 6.04.